The summed E-state index contributed by atoms with van der Waals surface area (Å²) in [5.74, 6) is 1.45. The molecule has 10 heteroatoms. The molecule has 180 valence electrons. The third-order valence-corrected chi connectivity index (χ3v) is 7.15. The van der Waals surface area contributed by atoms with Crippen molar-refractivity contribution in [3.8, 4) is 11.5 Å². The monoisotopic (exact) mass is 476 g/mol. The maximum Gasteiger partial charge on any atom is 0.244 e. The highest BCUT2D eigenvalue weighted by atomic mass is 32.2. The van der Waals surface area contributed by atoms with Crippen molar-refractivity contribution < 1.29 is 22.7 Å². The lowest BCUT2D eigenvalue weighted by molar-refractivity contribution is -0.114. The number of amides is 1. The van der Waals surface area contributed by atoms with Gasteiger partial charge in [-0.1, -0.05) is 6.42 Å². The molecule has 2 heterocycles. The van der Waals surface area contributed by atoms with E-state index < -0.39 is 10.0 Å². The number of carbonyl (C=O) groups is 1. The Hall–Kier alpha value is -2.85. The second kappa shape index (κ2) is 11.3. The molecule has 1 aliphatic rings. The van der Waals surface area contributed by atoms with Gasteiger partial charge in [0.2, 0.25) is 15.9 Å². The number of anilines is 2. The van der Waals surface area contributed by atoms with Gasteiger partial charge in [0.25, 0.3) is 0 Å². The van der Waals surface area contributed by atoms with Gasteiger partial charge in [0.15, 0.2) is 11.5 Å². The molecule has 1 fully saturated rings. The summed E-state index contributed by atoms with van der Waals surface area (Å²) in [7, 11) is -1.81. The summed E-state index contributed by atoms with van der Waals surface area (Å²) in [5.41, 5.74) is 0.594. The highest BCUT2D eigenvalue weighted by molar-refractivity contribution is 7.89. The van der Waals surface area contributed by atoms with Crippen molar-refractivity contribution in [2.75, 3.05) is 50.1 Å². The van der Waals surface area contributed by atoms with E-state index in [1.165, 1.54) is 10.5 Å². The van der Waals surface area contributed by atoms with E-state index >= 15 is 0 Å². The van der Waals surface area contributed by atoms with E-state index in [4.69, 9.17) is 9.47 Å². The molecule has 0 saturated carbocycles. The number of ether oxygens (including phenoxy) is 2. The van der Waals surface area contributed by atoms with Crippen molar-refractivity contribution in [2.24, 2.45) is 0 Å². The highest BCUT2D eigenvalue weighted by Gasteiger charge is 2.26. The first-order valence-electron chi connectivity index (χ1n) is 11.2. The Kier molecular flexibility index (Phi) is 8.51. The predicted octanol–water partition coefficient (Wildman–Crippen LogP) is 3.13. The molecule has 1 aromatic carbocycles. The molecular weight excluding hydrogens is 444 g/mol. The van der Waals surface area contributed by atoms with Crippen molar-refractivity contribution in [2.45, 2.75) is 38.0 Å². The van der Waals surface area contributed by atoms with Crippen LogP contribution in [0.1, 0.15) is 33.1 Å². The van der Waals surface area contributed by atoms with Gasteiger partial charge in [-0.05, 0) is 51.0 Å². The van der Waals surface area contributed by atoms with E-state index in [2.05, 4.69) is 10.3 Å². The highest BCUT2D eigenvalue weighted by Crippen LogP contribution is 2.30. The molecule has 33 heavy (non-hydrogen) atoms. The molecule has 0 radical (unpaired) electrons. The number of aromatic nitrogens is 1. The largest absolute Gasteiger partial charge is 0.490 e. The summed E-state index contributed by atoms with van der Waals surface area (Å²) < 4.78 is 38.2. The Morgan fingerprint density at radius 2 is 1.76 bits per heavy atom. The number of carbonyl (C=O) groups excluding carboxylic acids is 1. The van der Waals surface area contributed by atoms with Crippen LogP contribution in [-0.4, -0.2) is 63.5 Å². The van der Waals surface area contributed by atoms with Crippen LogP contribution in [0.2, 0.25) is 0 Å². The standard InChI is InChI=1S/C23H32N4O5S/c1-4-31-20-11-9-18(15-21(20)32-5-2)25-23(28)17-26(3)22-12-10-19(16-24-22)33(29,30)27-13-7-6-8-14-27/h9-12,15-16H,4-8,13-14,17H2,1-3H3,(H,25,28). The van der Waals surface area contributed by atoms with Crippen LogP contribution in [0.4, 0.5) is 11.5 Å². The molecule has 1 saturated heterocycles. The summed E-state index contributed by atoms with van der Waals surface area (Å²) in [6.45, 7) is 5.90. The maximum atomic E-state index is 12.8. The fourth-order valence-electron chi connectivity index (χ4n) is 3.63. The Bertz CT molecular complexity index is 1040. The fraction of sp³-hybridized carbons (Fsp3) is 0.478. The van der Waals surface area contributed by atoms with Gasteiger partial charge in [-0.2, -0.15) is 4.31 Å². The van der Waals surface area contributed by atoms with E-state index in [9.17, 15) is 13.2 Å². The Morgan fingerprint density at radius 1 is 1.06 bits per heavy atom. The van der Waals surface area contributed by atoms with E-state index in [0.717, 1.165) is 19.3 Å². The Labute approximate surface area is 195 Å². The first-order valence-corrected chi connectivity index (χ1v) is 12.7. The first kappa shape index (κ1) is 24.8. The average Bonchev–Trinajstić information content (AvgIpc) is 2.81. The summed E-state index contributed by atoms with van der Waals surface area (Å²) in [5, 5.41) is 2.84. The van der Waals surface area contributed by atoms with Crippen LogP contribution in [0.3, 0.4) is 0 Å². The molecule has 1 N–H and O–H groups in total. The molecule has 0 atom stereocenters. The average molecular weight is 477 g/mol. The number of hydrogen-bond donors (Lipinski definition) is 1. The van der Waals surface area contributed by atoms with Crippen molar-refractivity contribution in [3.05, 3.63) is 36.5 Å². The summed E-state index contributed by atoms with van der Waals surface area (Å²) >= 11 is 0. The SMILES string of the molecule is CCOc1ccc(NC(=O)CN(C)c2ccc(S(=O)(=O)N3CCCCC3)cn2)cc1OCC. The van der Waals surface area contributed by atoms with Crippen molar-refractivity contribution >= 4 is 27.4 Å². The second-order valence-corrected chi connectivity index (χ2v) is 9.69. The maximum absolute atomic E-state index is 12.8. The van der Waals surface area contributed by atoms with E-state index in [1.807, 2.05) is 13.8 Å². The fourth-order valence-corrected chi connectivity index (χ4v) is 5.09. The van der Waals surface area contributed by atoms with Crippen LogP contribution >= 0.6 is 0 Å². The molecule has 9 nitrogen and oxygen atoms in total. The number of nitrogens with zero attached hydrogens (tertiary/aromatic N) is 3. The predicted molar refractivity (Wildman–Crippen MR) is 128 cm³/mol. The van der Waals surface area contributed by atoms with Gasteiger partial charge in [0.05, 0.1) is 19.8 Å². The van der Waals surface area contributed by atoms with Gasteiger partial charge < -0.3 is 19.7 Å². The van der Waals surface area contributed by atoms with Crippen LogP contribution in [0, 0.1) is 0 Å². The zero-order chi connectivity index (χ0) is 23.8. The van der Waals surface area contributed by atoms with E-state index in [-0.39, 0.29) is 17.3 Å². The first-order chi connectivity index (χ1) is 15.8. The molecule has 1 amide bonds. The van der Waals surface area contributed by atoms with Crippen LogP contribution in [0.15, 0.2) is 41.4 Å². The normalized spacial score (nSPS) is 14.5. The van der Waals surface area contributed by atoms with Crippen molar-refractivity contribution in [3.63, 3.8) is 0 Å². The molecule has 1 aliphatic heterocycles. The van der Waals surface area contributed by atoms with E-state index in [1.54, 1.807) is 42.3 Å². The lowest BCUT2D eigenvalue weighted by Crippen LogP contribution is -2.35. The summed E-state index contributed by atoms with van der Waals surface area (Å²) in [6.07, 6.45) is 4.17. The molecule has 0 aliphatic carbocycles. The topological polar surface area (TPSA) is 101 Å². The molecule has 0 spiro atoms. The molecule has 0 unspecified atom stereocenters. The third-order valence-electron chi connectivity index (χ3n) is 5.27. The van der Waals surface area contributed by atoms with Gasteiger partial charge in [-0.25, -0.2) is 13.4 Å². The molecular formula is C23H32N4O5S. The number of nitrogens with one attached hydrogen (secondary N) is 1. The van der Waals surface area contributed by atoms with Crippen LogP contribution in [-0.2, 0) is 14.8 Å². The lowest BCUT2D eigenvalue weighted by atomic mass is 10.2. The number of pyridine rings is 1. The van der Waals surface area contributed by atoms with Crippen LogP contribution in [0.25, 0.3) is 0 Å². The minimum Gasteiger partial charge on any atom is -0.490 e. The molecule has 3 rings (SSSR count). The number of sulfonamides is 1. The van der Waals surface area contributed by atoms with Crippen LogP contribution < -0.4 is 19.7 Å². The quantitative estimate of drug-likeness (QED) is 0.562. The zero-order valence-electron chi connectivity index (χ0n) is 19.4. The minimum absolute atomic E-state index is 0.0440. The minimum atomic E-state index is -3.53. The molecule has 0 bridgehead atoms. The van der Waals surface area contributed by atoms with Gasteiger partial charge in [0.1, 0.15) is 10.7 Å². The third kappa shape index (κ3) is 6.35. The Morgan fingerprint density at radius 3 is 2.39 bits per heavy atom. The lowest BCUT2D eigenvalue weighted by Gasteiger charge is -2.26. The summed E-state index contributed by atoms with van der Waals surface area (Å²) in [4.78, 5) is 18.7. The number of likely N-dealkylation sites (N-methyl/N-ethyl adjacent to an activating group) is 1. The zero-order valence-corrected chi connectivity index (χ0v) is 20.2. The van der Waals surface area contributed by atoms with Crippen molar-refractivity contribution in [1.29, 1.82) is 0 Å². The number of piperidine rings is 1. The smallest absolute Gasteiger partial charge is 0.244 e. The molecule has 1 aromatic heterocycles. The van der Waals surface area contributed by atoms with Gasteiger partial charge in [0, 0.05) is 38.1 Å². The van der Waals surface area contributed by atoms with Crippen molar-refractivity contribution in [1.82, 2.24) is 9.29 Å². The van der Waals surface area contributed by atoms with Gasteiger partial charge in [-0.3, -0.25) is 4.79 Å². The van der Waals surface area contributed by atoms with Gasteiger partial charge in [-0.15, -0.1) is 0 Å². The number of hydrogen-bond acceptors (Lipinski definition) is 7. The van der Waals surface area contributed by atoms with E-state index in [0.29, 0.717) is 49.3 Å². The second-order valence-electron chi connectivity index (χ2n) is 7.75. The number of benzene rings is 1. The van der Waals surface area contributed by atoms with Crippen LogP contribution in [0.5, 0.6) is 11.5 Å². The number of rotatable bonds is 10. The van der Waals surface area contributed by atoms with Gasteiger partial charge >= 0.3 is 0 Å². The summed E-state index contributed by atoms with van der Waals surface area (Å²) in [6, 6.07) is 8.40. The Balaban J connectivity index is 1.62. The molecule has 2 aromatic rings.